The molecule has 0 aliphatic heterocycles. The molecule has 1 saturated carbocycles. The van der Waals surface area contributed by atoms with Crippen LogP contribution in [0.4, 0.5) is 16.2 Å². The number of aryl methyl sites for hydroxylation is 2. The predicted molar refractivity (Wildman–Crippen MR) is 138 cm³/mol. The maximum Gasteiger partial charge on any atom is 0.323 e. The van der Waals surface area contributed by atoms with Gasteiger partial charge < -0.3 is 20.3 Å². The first-order chi connectivity index (χ1) is 18.1. The number of aromatic nitrogens is 6. The summed E-state index contributed by atoms with van der Waals surface area (Å²) in [5, 5.41) is 18.8. The molecule has 11 heteroatoms. The number of carbonyl (C=O) groups excluding carboxylic acids is 1. The van der Waals surface area contributed by atoms with Crippen LogP contribution in [0.3, 0.4) is 0 Å². The minimum absolute atomic E-state index is 0.224. The van der Waals surface area contributed by atoms with Crippen LogP contribution in [0.2, 0.25) is 0 Å². The molecule has 0 radical (unpaired) electrons. The Hall–Kier alpha value is -3.86. The Labute approximate surface area is 214 Å². The monoisotopic (exact) mass is 504 g/mol. The van der Waals surface area contributed by atoms with Crippen LogP contribution in [-0.2, 0) is 6.42 Å². The number of hydrogen-bond acceptors (Lipinski definition) is 8. The van der Waals surface area contributed by atoms with Crippen LogP contribution < -0.4 is 10.6 Å². The third kappa shape index (κ3) is 5.77. The SMILES string of the molecule is Cc1cc(NC(=O)Nc2cnc3nccn3c2C2CCCC2)cnc1-c1noc(CCCCCCO)n1. The van der Waals surface area contributed by atoms with Crippen molar-refractivity contribution in [1.29, 1.82) is 0 Å². The number of unbranched alkanes of at least 4 members (excludes halogenated alkanes) is 3. The van der Waals surface area contributed by atoms with Crippen LogP contribution in [0, 0.1) is 6.92 Å². The highest BCUT2D eigenvalue weighted by atomic mass is 16.5. The standard InChI is InChI=1S/C26H32N8O3/c1-17-14-19(15-28-22(17)24-32-21(37-33-24)10-4-2-3-7-13-35)30-26(36)31-20-16-29-25-27-11-12-34(25)23(20)18-8-5-6-9-18/h11-12,14-16,18,35H,2-10,13H2,1H3,(H2,30,31,36). The quantitative estimate of drug-likeness (QED) is 0.259. The third-order valence-electron chi connectivity index (χ3n) is 6.77. The van der Waals surface area contributed by atoms with Crippen molar-refractivity contribution in [3.8, 4) is 11.5 Å². The van der Waals surface area contributed by atoms with Gasteiger partial charge in [-0.1, -0.05) is 30.8 Å². The van der Waals surface area contributed by atoms with Gasteiger partial charge in [-0.2, -0.15) is 4.98 Å². The fourth-order valence-corrected chi connectivity index (χ4v) is 4.97. The van der Waals surface area contributed by atoms with Gasteiger partial charge in [0.2, 0.25) is 17.5 Å². The van der Waals surface area contributed by atoms with Crippen molar-refractivity contribution in [2.45, 2.75) is 70.6 Å². The first kappa shape index (κ1) is 24.8. The molecule has 11 nitrogen and oxygen atoms in total. The van der Waals surface area contributed by atoms with Crippen molar-refractivity contribution >= 4 is 23.2 Å². The lowest BCUT2D eigenvalue weighted by molar-refractivity contribution is 0.262. The number of rotatable bonds is 10. The van der Waals surface area contributed by atoms with E-state index in [4.69, 9.17) is 9.63 Å². The molecule has 1 aliphatic carbocycles. The Bertz CT molecular complexity index is 1360. The number of hydrogen-bond donors (Lipinski definition) is 3. The van der Waals surface area contributed by atoms with Crippen molar-refractivity contribution in [2.24, 2.45) is 0 Å². The zero-order chi connectivity index (χ0) is 25.6. The van der Waals surface area contributed by atoms with Gasteiger partial charge in [0.05, 0.1) is 29.5 Å². The first-order valence-corrected chi connectivity index (χ1v) is 12.9. The van der Waals surface area contributed by atoms with E-state index < -0.39 is 0 Å². The zero-order valence-corrected chi connectivity index (χ0v) is 21.0. The molecule has 4 aromatic heterocycles. The summed E-state index contributed by atoms with van der Waals surface area (Å²) in [5.41, 5.74) is 3.72. The molecule has 0 aromatic carbocycles. The van der Waals surface area contributed by atoms with Gasteiger partial charge in [-0.05, 0) is 44.2 Å². The molecule has 1 aliphatic rings. The highest BCUT2D eigenvalue weighted by Gasteiger charge is 2.24. The molecular formula is C26H32N8O3. The smallest absolute Gasteiger partial charge is 0.323 e. The Morgan fingerprint density at radius 1 is 1.11 bits per heavy atom. The summed E-state index contributed by atoms with van der Waals surface area (Å²) in [5.74, 6) is 2.00. The van der Waals surface area contributed by atoms with Crippen LogP contribution in [0.25, 0.3) is 17.3 Å². The summed E-state index contributed by atoms with van der Waals surface area (Å²) < 4.78 is 7.35. The molecule has 37 heavy (non-hydrogen) atoms. The summed E-state index contributed by atoms with van der Waals surface area (Å²) in [4.78, 5) is 30.5. The van der Waals surface area contributed by atoms with Crippen molar-refractivity contribution < 1.29 is 14.4 Å². The number of nitrogens with one attached hydrogen (secondary N) is 2. The van der Waals surface area contributed by atoms with Crippen LogP contribution in [0.5, 0.6) is 0 Å². The van der Waals surface area contributed by atoms with Gasteiger partial charge in [-0.3, -0.25) is 9.38 Å². The average Bonchev–Trinajstić information content (AvgIpc) is 3.66. The molecule has 0 atom stereocenters. The molecule has 2 amide bonds. The lowest BCUT2D eigenvalue weighted by Gasteiger charge is -2.18. The number of urea groups is 1. The zero-order valence-electron chi connectivity index (χ0n) is 21.0. The normalized spacial score (nSPS) is 13.9. The average molecular weight is 505 g/mol. The van der Waals surface area contributed by atoms with E-state index in [9.17, 15) is 4.79 Å². The number of anilines is 2. The Balaban J connectivity index is 1.24. The lowest BCUT2D eigenvalue weighted by Crippen LogP contribution is -2.22. The van der Waals surface area contributed by atoms with Crippen molar-refractivity contribution in [3.63, 3.8) is 0 Å². The van der Waals surface area contributed by atoms with Crippen molar-refractivity contribution in [3.05, 3.63) is 48.0 Å². The number of amides is 2. The van der Waals surface area contributed by atoms with E-state index in [2.05, 4.69) is 35.7 Å². The topological polar surface area (TPSA) is 143 Å². The van der Waals surface area contributed by atoms with E-state index in [1.54, 1.807) is 18.6 Å². The lowest BCUT2D eigenvalue weighted by atomic mass is 10.0. The van der Waals surface area contributed by atoms with E-state index in [1.165, 1.54) is 12.8 Å². The van der Waals surface area contributed by atoms with E-state index in [0.717, 1.165) is 49.8 Å². The highest BCUT2D eigenvalue weighted by molar-refractivity contribution is 6.00. The van der Waals surface area contributed by atoms with E-state index in [1.807, 2.05) is 23.6 Å². The summed E-state index contributed by atoms with van der Waals surface area (Å²) >= 11 is 0. The van der Waals surface area contributed by atoms with Gasteiger partial charge in [-0.25, -0.2) is 14.8 Å². The van der Waals surface area contributed by atoms with Crippen molar-refractivity contribution in [2.75, 3.05) is 17.2 Å². The number of nitrogens with zero attached hydrogens (tertiary/aromatic N) is 6. The van der Waals surface area contributed by atoms with Crippen LogP contribution >= 0.6 is 0 Å². The summed E-state index contributed by atoms with van der Waals surface area (Å²) in [7, 11) is 0. The summed E-state index contributed by atoms with van der Waals surface area (Å²) in [6, 6.07) is 1.47. The molecule has 4 heterocycles. The van der Waals surface area contributed by atoms with Crippen LogP contribution in [0.1, 0.15) is 74.4 Å². The number of pyridine rings is 1. The molecule has 4 aromatic rings. The molecule has 1 fully saturated rings. The number of aliphatic hydroxyl groups excluding tert-OH is 1. The molecule has 0 saturated heterocycles. The second-order valence-electron chi connectivity index (χ2n) is 9.50. The molecule has 0 unspecified atom stereocenters. The second kappa shape index (κ2) is 11.5. The van der Waals surface area contributed by atoms with Crippen LogP contribution in [0.15, 0.2) is 35.4 Å². The fourth-order valence-electron chi connectivity index (χ4n) is 4.97. The molecule has 0 spiro atoms. The number of fused-ring (bicyclic) bond motifs is 1. The summed E-state index contributed by atoms with van der Waals surface area (Å²) in [6.07, 6.45) is 15.8. The third-order valence-corrected chi connectivity index (χ3v) is 6.77. The van der Waals surface area contributed by atoms with Gasteiger partial charge in [0.1, 0.15) is 5.69 Å². The minimum Gasteiger partial charge on any atom is -0.396 e. The van der Waals surface area contributed by atoms with Gasteiger partial charge in [0.15, 0.2) is 0 Å². The summed E-state index contributed by atoms with van der Waals surface area (Å²) in [6.45, 7) is 2.12. The van der Waals surface area contributed by atoms with Gasteiger partial charge in [0, 0.05) is 31.3 Å². The van der Waals surface area contributed by atoms with Gasteiger partial charge >= 0.3 is 6.03 Å². The Morgan fingerprint density at radius 2 is 1.95 bits per heavy atom. The molecular weight excluding hydrogens is 472 g/mol. The second-order valence-corrected chi connectivity index (χ2v) is 9.50. The highest BCUT2D eigenvalue weighted by Crippen LogP contribution is 2.37. The molecule has 5 rings (SSSR count). The largest absolute Gasteiger partial charge is 0.396 e. The van der Waals surface area contributed by atoms with Gasteiger partial charge in [-0.15, -0.1) is 0 Å². The van der Waals surface area contributed by atoms with Gasteiger partial charge in [0.25, 0.3) is 0 Å². The Morgan fingerprint density at radius 3 is 2.76 bits per heavy atom. The molecule has 194 valence electrons. The fraction of sp³-hybridized carbons (Fsp3) is 0.462. The Kier molecular flexibility index (Phi) is 7.69. The molecule has 3 N–H and O–H groups in total. The maximum absolute atomic E-state index is 12.9. The number of aliphatic hydroxyl groups is 1. The van der Waals surface area contributed by atoms with E-state index in [0.29, 0.717) is 46.9 Å². The molecule has 0 bridgehead atoms. The minimum atomic E-state index is -0.363. The number of carbonyl (C=O) groups is 1. The first-order valence-electron chi connectivity index (χ1n) is 12.9. The van der Waals surface area contributed by atoms with E-state index in [-0.39, 0.29) is 12.6 Å². The van der Waals surface area contributed by atoms with E-state index >= 15 is 0 Å². The van der Waals surface area contributed by atoms with Crippen LogP contribution in [-0.4, -0.2) is 47.2 Å². The maximum atomic E-state index is 12.9. The number of imidazole rings is 1. The predicted octanol–water partition coefficient (Wildman–Crippen LogP) is 4.88. The van der Waals surface area contributed by atoms with Crippen molar-refractivity contribution in [1.82, 2.24) is 29.5 Å².